The summed E-state index contributed by atoms with van der Waals surface area (Å²) in [4.78, 5) is 27.9. The van der Waals surface area contributed by atoms with Crippen LogP contribution in [0.2, 0.25) is 5.02 Å². The predicted molar refractivity (Wildman–Crippen MR) is 137 cm³/mol. The van der Waals surface area contributed by atoms with E-state index in [-0.39, 0.29) is 36.2 Å². The van der Waals surface area contributed by atoms with Gasteiger partial charge in [0, 0.05) is 48.7 Å². The van der Waals surface area contributed by atoms with Crippen molar-refractivity contribution in [2.75, 3.05) is 31.6 Å². The number of carbonyl (C=O) groups excluding carboxylic acids is 2. The molecule has 0 aliphatic carbocycles. The van der Waals surface area contributed by atoms with Crippen molar-refractivity contribution in [1.29, 1.82) is 0 Å². The first-order chi connectivity index (χ1) is 17.7. The number of carbonyl (C=O) groups is 2. The van der Waals surface area contributed by atoms with Crippen LogP contribution >= 0.6 is 11.6 Å². The lowest BCUT2D eigenvalue weighted by atomic mass is 9.84. The second-order valence-electron chi connectivity index (χ2n) is 9.72. The van der Waals surface area contributed by atoms with Gasteiger partial charge in [-0.2, -0.15) is 4.31 Å². The van der Waals surface area contributed by atoms with Crippen molar-refractivity contribution in [1.82, 2.24) is 14.5 Å². The summed E-state index contributed by atoms with van der Waals surface area (Å²) in [6, 6.07) is 11.9. The van der Waals surface area contributed by atoms with Gasteiger partial charge in [-0.25, -0.2) is 13.2 Å². The fourth-order valence-electron chi connectivity index (χ4n) is 5.24. The Bertz CT molecular complexity index is 1300. The number of benzene rings is 2. The van der Waals surface area contributed by atoms with E-state index in [1.807, 2.05) is 0 Å². The van der Waals surface area contributed by atoms with Gasteiger partial charge in [-0.1, -0.05) is 29.8 Å². The van der Waals surface area contributed by atoms with E-state index in [9.17, 15) is 23.1 Å². The van der Waals surface area contributed by atoms with Gasteiger partial charge >= 0.3 is 6.03 Å². The molecule has 5 rings (SSSR count). The van der Waals surface area contributed by atoms with E-state index in [1.54, 1.807) is 47.4 Å². The zero-order chi connectivity index (χ0) is 26.2. The Morgan fingerprint density at radius 2 is 1.89 bits per heavy atom. The summed E-state index contributed by atoms with van der Waals surface area (Å²) >= 11 is 6.01. The Morgan fingerprint density at radius 3 is 2.65 bits per heavy atom. The molecule has 12 heteroatoms. The third kappa shape index (κ3) is 5.26. The topological polar surface area (TPSA) is 128 Å². The van der Waals surface area contributed by atoms with Crippen LogP contribution < -0.4 is 15.4 Å². The number of urea groups is 1. The van der Waals surface area contributed by atoms with Gasteiger partial charge in [-0.05, 0) is 43.2 Å². The summed E-state index contributed by atoms with van der Waals surface area (Å²) < 4.78 is 34.0. The standard InChI is InChI=1S/C25H29ClN4O6S/c26-17-4-3-5-18(14-17)27-24(33)29-11-8-25(9-12-29)10-13-36-21-6-1-2-7-22(21)37(34,35)30-16-19(31)15-20(30)23(32)28-25/h1-7,14,19-20,31H,8-13,15-16H2,(H,27,33)(H,28,32)/t19-,20+/m1/s1. The van der Waals surface area contributed by atoms with Gasteiger partial charge in [0.1, 0.15) is 16.7 Å². The lowest BCUT2D eigenvalue weighted by Crippen LogP contribution is -2.60. The van der Waals surface area contributed by atoms with E-state index < -0.39 is 33.6 Å². The highest BCUT2D eigenvalue weighted by Gasteiger charge is 2.47. The largest absolute Gasteiger partial charge is 0.492 e. The smallest absolute Gasteiger partial charge is 0.321 e. The molecule has 3 aliphatic heterocycles. The van der Waals surface area contributed by atoms with Crippen LogP contribution in [0.15, 0.2) is 53.4 Å². The van der Waals surface area contributed by atoms with Gasteiger partial charge in [0.05, 0.1) is 12.7 Å². The lowest BCUT2D eigenvalue weighted by Gasteiger charge is -2.43. The van der Waals surface area contributed by atoms with Crippen LogP contribution in [-0.4, -0.2) is 78.6 Å². The Kier molecular flexibility index (Phi) is 7.06. The molecule has 3 heterocycles. The second kappa shape index (κ2) is 10.1. The molecular weight excluding hydrogens is 520 g/mol. The number of nitrogens with zero attached hydrogens (tertiary/aromatic N) is 2. The average Bonchev–Trinajstić information content (AvgIpc) is 3.27. The molecule has 2 aromatic carbocycles. The summed E-state index contributed by atoms with van der Waals surface area (Å²) in [5.41, 5.74) is -0.0965. The fourth-order valence-corrected chi connectivity index (χ4v) is 7.20. The maximum atomic E-state index is 13.5. The second-order valence-corrected chi connectivity index (χ2v) is 12.0. The number of halogens is 1. The first-order valence-electron chi connectivity index (χ1n) is 12.2. The number of anilines is 1. The van der Waals surface area contributed by atoms with Crippen molar-refractivity contribution in [3.05, 3.63) is 53.6 Å². The Labute approximate surface area is 220 Å². The molecule has 37 heavy (non-hydrogen) atoms. The number of nitrogens with one attached hydrogen (secondary N) is 2. The molecule has 3 aliphatic rings. The van der Waals surface area contributed by atoms with Gasteiger partial charge < -0.3 is 25.4 Å². The number of aliphatic hydroxyl groups excluding tert-OH is 1. The number of rotatable bonds is 1. The fraction of sp³-hybridized carbons (Fsp3) is 0.440. The van der Waals surface area contributed by atoms with Crippen LogP contribution in [0.1, 0.15) is 25.7 Å². The molecule has 0 bridgehead atoms. The van der Waals surface area contributed by atoms with Crippen molar-refractivity contribution in [2.24, 2.45) is 0 Å². The lowest BCUT2D eigenvalue weighted by molar-refractivity contribution is -0.127. The minimum absolute atomic E-state index is 0.0122. The van der Waals surface area contributed by atoms with Crippen molar-refractivity contribution >= 4 is 39.2 Å². The van der Waals surface area contributed by atoms with Crippen molar-refractivity contribution in [3.63, 3.8) is 0 Å². The molecule has 2 aromatic rings. The van der Waals surface area contributed by atoms with Gasteiger partial charge in [-0.15, -0.1) is 0 Å². The molecule has 3 amide bonds. The maximum Gasteiger partial charge on any atom is 0.321 e. The number of hydrogen-bond donors (Lipinski definition) is 3. The van der Waals surface area contributed by atoms with E-state index in [2.05, 4.69) is 10.6 Å². The van der Waals surface area contributed by atoms with Gasteiger partial charge in [0.15, 0.2) is 0 Å². The molecule has 10 nitrogen and oxygen atoms in total. The minimum Gasteiger partial charge on any atom is -0.492 e. The Hall–Kier alpha value is -2.86. The van der Waals surface area contributed by atoms with Gasteiger partial charge in [0.25, 0.3) is 0 Å². The van der Waals surface area contributed by atoms with Crippen molar-refractivity contribution in [3.8, 4) is 5.75 Å². The summed E-state index contributed by atoms with van der Waals surface area (Å²) in [6.45, 7) is 0.797. The van der Waals surface area contributed by atoms with Crippen LogP contribution in [0.5, 0.6) is 5.75 Å². The minimum atomic E-state index is -4.08. The quantitative estimate of drug-likeness (QED) is 0.502. The molecule has 0 saturated carbocycles. The monoisotopic (exact) mass is 548 g/mol. The van der Waals surface area contributed by atoms with Gasteiger partial charge in [0.2, 0.25) is 15.9 Å². The highest BCUT2D eigenvalue weighted by molar-refractivity contribution is 7.89. The molecule has 3 N–H and O–H groups in total. The maximum absolute atomic E-state index is 13.5. The van der Waals surface area contributed by atoms with E-state index in [0.717, 1.165) is 4.31 Å². The predicted octanol–water partition coefficient (Wildman–Crippen LogP) is 2.43. The molecule has 2 atom stereocenters. The first kappa shape index (κ1) is 25.8. The van der Waals surface area contributed by atoms with Crippen LogP contribution in [0.3, 0.4) is 0 Å². The highest BCUT2D eigenvalue weighted by Crippen LogP contribution is 2.35. The third-order valence-electron chi connectivity index (χ3n) is 7.28. The van der Waals surface area contributed by atoms with Gasteiger partial charge in [-0.3, -0.25) is 4.79 Å². The molecule has 0 unspecified atom stereocenters. The first-order valence-corrected chi connectivity index (χ1v) is 14.0. The SMILES string of the molecule is O=C1NC2(CCOc3ccccc3S(=O)(=O)N3C[C@H](O)C[C@@H]13)CCN(C(=O)Nc1cccc(Cl)c1)CC2. The average molecular weight is 549 g/mol. The molecular formula is C25H29ClN4O6S. The van der Waals surface area contributed by atoms with Crippen molar-refractivity contribution in [2.45, 2.75) is 48.3 Å². The summed E-state index contributed by atoms with van der Waals surface area (Å²) in [7, 11) is -4.08. The van der Waals surface area contributed by atoms with Crippen LogP contribution in [0.25, 0.3) is 0 Å². The van der Waals surface area contributed by atoms with Crippen LogP contribution in [0, 0.1) is 0 Å². The molecule has 198 valence electrons. The number of hydrogen-bond acceptors (Lipinski definition) is 6. The summed E-state index contributed by atoms with van der Waals surface area (Å²) in [6.07, 6.45) is 0.433. The number of amides is 3. The number of likely N-dealkylation sites (tertiary alicyclic amines) is 1. The molecule has 2 fully saturated rings. The van der Waals surface area contributed by atoms with Crippen LogP contribution in [-0.2, 0) is 14.8 Å². The molecule has 1 spiro atoms. The molecule has 0 radical (unpaired) electrons. The number of aliphatic hydroxyl groups is 1. The highest BCUT2D eigenvalue weighted by atomic mass is 35.5. The Morgan fingerprint density at radius 1 is 1.14 bits per heavy atom. The number of piperidine rings is 1. The zero-order valence-electron chi connectivity index (χ0n) is 20.1. The van der Waals surface area contributed by atoms with E-state index in [0.29, 0.717) is 43.1 Å². The molecule has 2 saturated heterocycles. The normalized spacial score (nSPS) is 25.2. The van der Waals surface area contributed by atoms with Crippen LogP contribution in [0.4, 0.5) is 10.5 Å². The Balaban J connectivity index is 1.36. The van der Waals surface area contributed by atoms with E-state index in [4.69, 9.17) is 16.3 Å². The van der Waals surface area contributed by atoms with Crippen molar-refractivity contribution < 1.29 is 27.9 Å². The number of sulfonamides is 1. The van der Waals surface area contributed by atoms with E-state index >= 15 is 0 Å². The molecule has 0 aromatic heterocycles. The summed E-state index contributed by atoms with van der Waals surface area (Å²) in [5, 5.41) is 16.8. The zero-order valence-corrected chi connectivity index (χ0v) is 21.7. The number of ether oxygens (including phenoxy) is 1. The number of para-hydroxylation sites is 1. The van der Waals surface area contributed by atoms with E-state index in [1.165, 1.54) is 6.07 Å². The number of fused-ring (bicyclic) bond motifs is 2. The third-order valence-corrected chi connectivity index (χ3v) is 9.43. The summed E-state index contributed by atoms with van der Waals surface area (Å²) in [5.74, 6) is -0.234.